The molecule has 1 aliphatic rings. The van der Waals surface area contributed by atoms with E-state index in [1.807, 2.05) is 0 Å². The Hall–Kier alpha value is -2.45. The van der Waals surface area contributed by atoms with Crippen LogP contribution < -0.4 is 10.6 Å². The average molecular weight is 253 g/mol. The zero-order valence-electron chi connectivity index (χ0n) is 9.29. The van der Waals surface area contributed by atoms with Crippen LogP contribution in [0.4, 0.5) is 0 Å². The number of amides is 2. The van der Waals surface area contributed by atoms with Gasteiger partial charge in [-0.1, -0.05) is 5.21 Å². The van der Waals surface area contributed by atoms with Gasteiger partial charge in [-0.3, -0.25) is 14.4 Å². The quantitative estimate of drug-likeness (QED) is 0.568. The van der Waals surface area contributed by atoms with E-state index in [1.165, 1.54) is 6.20 Å². The Morgan fingerprint density at radius 1 is 1.61 bits per heavy atom. The molecule has 1 aliphatic heterocycles. The molecule has 3 N–H and O–H groups in total. The highest BCUT2D eigenvalue weighted by Gasteiger charge is 2.24. The third-order valence-corrected chi connectivity index (χ3v) is 2.38. The third-order valence-electron chi connectivity index (χ3n) is 2.38. The minimum atomic E-state index is -1.07. The lowest BCUT2D eigenvalue weighted by Gasteiger charge is -2.07. The van der Waals surface area contributed by atoms with Crippen LogP contribution in [0, 0.1) is 0 Å². The molecule has 0 radical (unpaired) electrons. The molecule has 9 nitrogen and oxygen atoms in total. The van der Waals surface area contributed by atoms with Crippen molar-refractivity contribution < 1.29 is 19.5 Å². The minimum absolute atomic E-state index is 0.0237. The number of carbonyl (C=O) groups excluding carboxylic acids is 2. The van der Waals surface area contributed by atoms with E-state index >= 15 is 0 Å². The number of aromatic nitrogens is 3. The van der Waals surface area contributed by atoms with Crippen LogP contribution in [0.25, 0.3) is 0 Å². The van der Waals surface area contributed by atoms with E-state index in [9.17, 15) is 14.4 Å². The first kappa shape index (κ1) is 12.0. The van der Waals surface area contributed by atoms with E-state index in [4.69, 9.17) is 5.11 Å². The van der Waals surface area contributed by atoms with E-state index in [0.29, 0.717) is 6.54 Å². The monoisotopic (exact) mass is 253 g/mol. The topological polar surface area (TPSA) is 126 Å². The Morgan fingerprint density at radius 2 is 2.39 bits per heavy atom. The molecule has 0 spiro atoms. The van der Waals surface area contributed by atoms with Gasteiger partial charge in [0.25, 0.3) is 5.91 Å². The summed E-state index contributed by atoms with van der Waals surface area (Å²) in [5, 5.41) is 20.8. The van der Waals surface area contributed by atoms with E-state index in [1.54, 1.807) is 0 Å². The normalized spacial score (nSPS) is 18.4. The van der Waals surface area contributed by atoms with E-state index < -0.39 is 11.9 Å². The van der Waals surface area contributed by atoms with Crippen molar-refractivity contribution in [3.8, 4) is 0 Å². The fraction of sp³-hybridized carbons (Fsp3) is 0.444. The Morgan fingerprint density at radius 3 is 3.00 bits per heavy atom. The van der Waals surface area contributed by atoms with Crippen molar-refractivity contribution in [1.82, 2.24) is 25.6 Å². The fourth-order valence-electron chi connectivity index (χ4n) is 1.58. The smallest absolute Gasteiger partial charge is 0.325 e. The number of carbonyl (C=O) groups is 3. The van der Waals surface area contributed by atoms with Crippen LogP contribution >= 0.6 is 0 Å². The third kappa shape index (κ3) is 2.81. The van der Waals surface area contributed by atoms with Crippen LogP contribution in [-0.4, -0.2) is 50.5 Å². The molecule has 18 heavy (non-hydrogen) atoms. The van der Waals surface area contributed by atoms with Crippen molar-refractivity contribution in [2.45, 2.75) is 19.0 Å². The van der Waals surface area contributed by atoms with Gasteiger partial charge in [-0.15, -0.1) is 5.10 Å². The summed E-state index contributed by atoms with van der Waals surface area (Å²) >= 11 is 0. The van der Waals surface area contributed by atoms with Crippen LogP contribution in [-0.2, 0) is 16.1 Å². The lowest BCUT2D eigenvalue weighted by atomic mass is 10.2. The molecule has 0 saturated carbocycles. The lowest BCUT2D eigenvalue weighted by molar-refractivity contribution is -0.138. The van der Waals surface area contributed by atoms with Gasteiger partial charge >= 0.3 is 5.97 Å². The van der Waals surface area contributed by atoms with Crippen LogP contribution in [0.15, 0.2) is 6.20 Å². The first-order valence-electron chi connectivity index (χ1n) is 5.24. The molecule has 96 valence electrons. The maximum atomic E-state index is 11.7. The van der Waals surface area contributed by atoms with Crippen molar-refractivity contribution in [3.63, 3.8) is 0 Å². The Kier molecular flexibility index (Phi) is 3.22. The molecule has 1 aromatic rings. The number of hydrogen-bond donors (Lipinski definition) is 3. The van der Waals surface area contributed by atoms with Gasteiger partial charge < -0.3 is 15.7 Å². The molecular weight excluding hydrogens is 242 g/mol. The minimum Gasteiger partial charge on any atom is -0.480 e. The van der Waals surface area contributed by atoms with Crippen LogP contribution in [0.5, 0.6) is 0 Å². The summed E-state index contributed by atoms with van der Waals surface area (Å²) in [6.45, 7) is 0.0254. The van der Waals surface area contributed by atoms with Gasteiger partial charge in [-0.05, 0) is 0 Å². The molecule has 9 heteroatoms. The van der Waals surface area contributed by atoms with Crippen molar-refractivity contribution in [1.29, 1.82) is 0 Å². The molecule has 2 amide bonds. The Bertz CT molecular complexity index is 497. The SMILES string of the molecule is O=C(O)Cn1cc(C(=O)NC2CNC(=O)C2)nn1. The number of carboxylic acid groups (broad SMARTS) is 1. The molecule has 1 atom stereocenters. The number of nitrogens with zero attached hydrogens (tertiary/aromatic N) is 3. The molecule has 2 heterocycles. The standard InChI is InChI=1S/C9H11N5O4/c15-7-1-5(2-10-7)11-9(18)6-3-14(13-12-6)4-8(16)17/h3,5H,1-2,4H2,(H,10,15)(H,11,18)(H,16,17). The summed E-state index contributed by atoms with van der Waals surface area (Å²) in [7, 11) is 0. The number of rotatable bonds is 4. The summed E-state index contributed by atoms with van der Waals surface area (Å²) in [6.07, 6.45) is 1.47. The highest BCUT2D eigenvalue weighted by Crippen LogP contribution is 2.01. The van der Waals surface area contributed by atoms with Crippen molar-refractivity contribution >= 4 is 17.8 Å². The Balaban J connectivity index is 1.94. The van der Waals surface area contributed by atoms with Crippen molar-refractivity contribution in [2.24, 2.45) is 0 Å². The summed E-state index contributed by atoms with van der Waals surface area (Å²) in [5.41, 5.74) is 0.0237. The summed E-state index contributed by atoms with van der Waals surface area (Å²) in [4.78, 5) is 33.1. The fourth-order valence-corrected chi connectivity index (χ4v) is 1.58. The zero-order valence-corrected chi connectivity index (χ0v) is 9.29. The number of aliphatic carboxylic acids is 1. The molecule has 1 unspecified atom stereocenters. The van der Waals surface area contributed by atoms with Crippen LogP contribution in [0.2, 0.25) is 0 Å². The van der Waals surface area contributed by atoms with Gasteiger partial charge in [0.15, 0.2) is 5.69 Å². The highest BCUT2D eigenvalue weighted by molar-refractivity contribution is 5.93. The molecular formula is C9H11N5O4. The summed E-state index contributed by atoms with van der Waals surface area (Å²) in [6, 6.07) is -0.269. The van der Waals surface area contributed by atoms with Crippen LogP contribution in [0.3, 0.4) is 0 Å². The second kappa shape index (κ2) is 4.82. The molecule has 2 rings (SSSR count). The van der Waals surface area contributed by atoms with Gasteiger partial charge in [0.2, 0.25) is 5.91 Å². The first-order valence-corrected chi connectivity index (χ1v) is 5.24. The van der Waals surface area contributed by atoms with Gasteiger partial charge in [-0.25, -0.2) is 4.68 Å². The number of carboxylic acids is 1. The second-order valence-electron chi connectivity index (χ2n) is 3.87. The average Bonchev–Trinajstić information content (AvgIpc) is 2.87. The zero-order chi connectivity index (χ0) is 13.1. The molecule has 0 aromatic carbocycles. The van der Waals surface area contributed by atoms with E-state index in [0.717, 1.165) is 4.68 Å². The highest BCUT2D eigenvalue weighted by atomic mass is 16.4. The number of nitrogens with one attached hydrogen (secondary N) is 2. The Labute approximate surface area is 101 Å². The summed E-state index contributed by atoms with van der Waals surface area (Å²) in [5.74, 6) is -1.67. The molecule has 1 saturated heterocycles. The first-order chi connectivity index (χ1) is 8.54. The molecule has 1 fully saturated rings. The number of hydrogen-bond acceptors (Lipinski definition) is 5. The molecule has 1 aromatic heterocycles. The molecule has 0 aliphatic carbocycles. The van der Waals surface area contributed by atoms with Gasteiger partial charge in [-0.2, -0.15) is 0 Å². The van der Waals surface area contributed by atoms with Gasteiger partial charge in [0, 0.05) is 13.0 Å². The van der Waals surface area contributed by atoms with Crippen molar-refractivity contribution in [2.75, 3.05) is 6.54 Å². The second-order valence-corrected chi connectivity index (χ2v) is 3.87. The van der Waals surface area contributed by atoms with E-state index in [2.05, 4.69) is 20.9 Å². The maximum absolute atomic E-state index is 11.7. The predicted octanol–water partition coefficient (Wildman–Crippen LogP) is -2.02. The maximum Gasteiger partial charge on any atom is 0.325 e. The lowest BCUT2D eigenvalue weighted by Crippen LogP contribution is -2.36. The predicted molar refractivity (Wildman–Crippen MR) is 56.5 cm³/mol. The van der Waals surface area contributed by atoms with Crippen LogP contribution in [0.1, 0.15) is 16.9 Å². The van der Waals surface area contributed by atoms with E-state index in [-0.39, 0.29) is 30.6 Å². The summed E-state index contributed by atoms with van der Waals surface area (Å²) < 4.78 is 1.05. The largest absolute Gasteiger partial charge is 0.480 e. The van der Waals surface area contributed by atoms with Gasteiger partial charge in [0.1, 0.15) is 6.54 Å². The molecule has 0 bridgehead atoms. The van der Waals surface area contributed by atoms with Gasteiger partial charge in [0.05, 0.1) is 12.2 Å². The van der Waals surface area contributed by atoms with Crippen molar-refractivity contribution in [3.05, 3.63) is 11.9 Å².